The maximum atomic E-state index is 12.1. The Hall–Kier alpha value is -1.35. The van der Waals surface area contributed by atoms with Crippen LogP contribution in [-0.4, -0.2) is 26.0 Å². The highest BCUT2D eigenvalue weighted by Crippen LogP contribution is 2.22. The number of carbonyl (C=O) groups excluding carboxylic acids is 1. The molecule has 1 aromatic carbocycles. The number of hydrogen-bond donors (Lipinski definition) is 1. The van der Waals surface area contributed by atoms with Crippen molar-refractivity contribution < 1.29 is 4.79 Å². The first-order chi connectivity index (χ1) is 8.09. The Kier molecular flexibility index (Phi) is 3.48. The molecule has 0 aromatic heterocycles. The van der Waals surface area contributed by atoms with Gasteiger partial charge in [0.2, 0.25) is 5.91 Å². The summed E-state index contributed by atoms with van der Waals surface area (Å²) in [5.41, 5.74) is 2.27. The number of rotatable bonds is 3. The van der Waals surface area contributed by atoms with Gasteiger partial charge in [0.05, 0.1) is 5.92 Å². The van der Waals surface area contributed by atoms with E-state index in [4.69, 9.17) is 0 Å². The van der Waals surface area contributed by atoms with Gasteiger partial charge in [-0.05, 0) is 23.6 Å². The van der Waals surface area contributed by atoms with E-state index in [1.54, 1.807) is 4.90 Å². The van der Waals surface area contributed by atoms with E-state index in [2.05, 4.69) is 31.3 Å². The molecule has 0 saturated carbocycles. The molecule has 2 rings (SSSR count). The smallest absolute Gasteiger partial charge is 0.232 e. The fourth-order valence-electron chi connectivity index (χ4n) is 1.96. The van der Waals surface area contributed by atoms with Crippen LogP contribution in [0.4, 0.5) is 5.69 Å². The standard InChI is InChI=1S/C14H20N2O/c1-10(2)11-5-4-6-13(7-11)16(3)14(17)12-8-15-9-12/h4-7,10,12,15H,8-9H2,1-3H3. The van der Waals surface area contributed by atoms with Gasteiger partial charge >= 0.3 is 0 Å². The van der Waals surface area contributed by atoms with Crippen molar-refractivity contribution in [2.24, 2.45) is 5.92 Å². The van der Waals surface area contributed by atoms with Crippen molar-refractivity contribution in [3.8, 4) is 0 Å². The summed E-state index contributed by atoms with van der Waals surface area (Å²) in [4.78, 5) is 13.9. The largest absolute Gasteiger partial charge is 0.315 e. The highest BCUT2D eigenvalue weighted by atomic mass is 16.2. The molecule has 1 aromatic rings. The molecule has 0 bridgehead atoms. The van der Waals surface area contributed by atoms with Gasteiger partial charge in [-0.25, -0.2) is 0 Å². The Morgan fingerprint density at radius 3 is 2.65 bits per heavy atom. The number of amides is 1. The summed E-state index contributed by atoms with van der Waals surface area (Å²) in [5.74, 6) is 0.858. The molecule has 17 heavy (non-hydrogen) atoms. The van der Waals surface area contributed by atoms with Gasteiger partial charge in [0.1, 0.15) is 0 Å². The second-order valence-electron chi connectivity index (χ2n) is 5.00. The molecule has 1 saturated heterocycles. The van der Waals surface area contributed by atoms with Crippen LogP contribution in [0.15, 0.2) is 24.3 Å². The second-order valence-corrected chi connectivity index (χ2v) is 5.00. The van der Waals surface area contributed by atoms with Gasteiger partial charge in [-0.3, -0.25) is 4.79 Å². The quantitative estimate of drug-likeness (QED) is 0.864. The van der Waals surface area contributed by atoms with Gasteiger partial charge in [0, 0.05) is 25.8 Å². The molecule has 1 aliphatic rings. The Labute approximate surface area is 103 Å². The molecule has 1 fully saturated rings. The second kappa shape index (κ2) is 4.88. The Bertz CT molecular complexity index is 410. The maximum absolute atomic E-state index is 12.1. The van der Waals surface area contributed by atoms with Crippen LogP contribution in [0.2, 0.25) is 0 Å². The number of nitrogens with one attached hydrogen (secondary N) is 1. The van der Waals surface area contributed by atoms with E-state index >= 15 is 0 Å². The fraction of sp³-hybridized carbons (Fsp3) is 0.500. The van der Waals surface area contributed by atoms with Crippen LogP contribution in [0.1, 0.15) is 25.3 Å². The molecule has 1 amide bonds. The molecule has 0 radical (unpaired) electrons. The first-order valence-corrected chi connectivity index (χ1v) is 6.18. The van der Waals surface area contributed by atoms with Crippen molar-refractivity contribution in [1.82, 2.24) is 5.32 Å². The van der Waals surface area contributed by atoms with E-state index in [0.717, 1.165) is 18.8 Å². The average Bonchev–Trinajstić information content (AvgIpc) is 2.25. The van der Waals surface area contributed by atoms with E-state index in [9.17, 15) is 4.79 Å². The van der Waals surface area contributed by atoms with Gasteiger partial charge in [0.25, 0.3) is 0 Å². The first-order valence-electron chi connectivity index (χ1n) is 6.18. The third kappa shape index (κ3) is 2.50. The van der Waals surface area contributed by atoms with Gasteiger partial charge in [0.15, 0.2) is 0 Å². The van der Waals surface area contributed by atoms with E-state index in [0.29, 0.717) is 5.92 Å². The van der Waals surface area contributed by atoms with E-state index < -0.39 is 0 Å². The Balaban J connectivity index is 2.15. The van der Waals surface area contributed by atoms with Gasteiger partial charge in [-0.1, -0.05) is 26.0 Å². The van der Waals surface area contributed by atoms with E-state index in [1.807, 2.05) is 19.2 Å². The summed E-state index contributed by atoms with van der Waals surface area (Å²) in [6.07, 6.45) is 0. The molecule has 3 nitrogen and oxygen atoms in total. The molecule has 0 atom stereocenters. The van der Waals surface area contributed by atoms with Crippen molar-refractivity contribution in [2.75, 3.05) is 25.0 Å². The Morgan fingerprint density at radius 1 is 1.41 bits per heavy atom. The van der Waals surface area contributed by atoms with Crippen LogP contribution in [0.3, 0.4) is 0 Å². The van der Waals surface area contributed by atoms with Crippen LogP contribution >= 0.6 is 0 Å². The zero-order valence-electron chi connectivity index (χ0n) is 10.7. The van der Waals surface area contributed by atoms with Crippen molar-refractivity contribution in [1.29, 1.82) is 0 Å². The molecule has 1 heterocycles. The average molecular weight is 232 g/mol. The highest BCUT2D eigenvalue weighted by molar-refractivity contribution is 5.95. The number of benzene rings is 1. The lowest BCUT2D eigenvalue weighted by Crippen LogP contribution is -2.51. The molecular weight excluding hydrogens is 212 g/mol. The van der Waals surface area contributed by atoms with E-state index in [1.165, 1.54) is 5.56 Å². The van der Waals surface area contributed by atoms with E-state index in [-0.39, 0.29) is 11.8 Å². The molecule has 0 spiro atoms. The number of anilines is 1. The number of hydrogen-bond acceptors (Lipinski definition) is 2. The fourth-order valence-corrected chi connectivity index (χ4v) is 1.96. The minimum atomic E-state index is 0.155. The van der Waals surface area contributed by atoms with Crippen molar-refractivity contribution in [3.05, 3.63) is 29.8 Å². The lowest BCUT2D eigenvalue weighted by atomic mass is 10.00. The minimum absolute atomic E-state index is 0.155. The van der Waals surface area contributed by atoms with Gasteiger partial charge < -0.3 is 10.2 Å². The number of nitrogens with zero attached hydrogens (tertiary/aromatic N) is 1. The molecule has 1 aliphatic heterocycles. The van der Waals surface area contributed by atoms with Crippen molar-refractivity contribution in [3.63, 3.8) is 0 Å². The van der Waals surface area contributed by atoms with Crippen LogP contribution in [-0.2, 0) is 4.79 Å². The topological polar surface area (TPSA) is 32.3 Å². The third-order valence-electron chi connectivity index (χ3n) is 3.39. The SMILES string of the molecule is CC(C)c1cccc(N(C)C(=O)C2CNC2)c1. The normalized spacial score (nSPS) is 15.8. The molecule has 92 valence electrons. The first kappa shape index (κ1) is 12.1. The minimum Gasteiger partial charge on any atom is -0.315 e. The van der Waals surface area contributed by atoms with Crippen LogP contribution in [0, 0.1) is 5.92 Å². The summed E-state index contributed by atoms with van der Waals surface area (Å²) in [5, 5.41) is 3.13. The predicted octanol–water partition coefficient (Wildman–Crippen LogP) is 1.99. The van der Waals surface area contributed by atoms with Gasteiger partial charge in [-0.2, -0.15) is 0 Å². The molecule has 0 aliphatic carbocycles. The summed E-state index contributed by atoms with van der Waals surface area (Å²) < 4.78 is 0. The summed E-state index contributed by atoms with van der Waals surface area (Å²) in [7, 11) is 1.86. The molecule has 3 heteroatoms. The third-order valence-corrected chi connectivity index (χ3v) is 3.39. The zero-order valence-corrected chi connectivity index (χ0v) is 10.7. The molecular formula is C14H20N2O. The van der Waals surface area contributed by atoms with Crippen molar-refractivity contribution in [2.45, 2.75) is 19.8 Å². The summed E-state index contributed by atoms with van der Waals surface area (Å²) >= 11 is 0. The van der Waals surface area contributed by atoms with Crippen LogP contribution in [0.5, 0.6) is 0 Å². The Morgan fingerprint density at radius 2 is 2.12 bits per heavy atom. The predicted molar refractivity (Wildman–Crippen MR) is 70.3 cm³/mol. The van der Waals surface area contributed by atoms with Crippen LogP contribution in [0.25, 0.3) is 0 Å². The summed E-state index contributed by atoms with van der Waals surface area (Å²) in [6.45, 7) is 5.95. The van der Waals surface area contributed by atoms with Gasteiger partial charge in [-0.15, -0.1) is 0 Å². The van der Waals surface area contributed by atoms with Crippen molar-refractivity contribution >= 4 is 11.6 Å². The lowest BCUT2D eigenvalue weighted by molar-refractivity contribution is -0.123. The monoisotopic (exact) mass is 232 g/mol. The highest BCUT2D eigenvalue weighted by Gasteiger charge is 2.28. The zero-order chi connectivity index (χ0) is 12.4. The molecule has 0 unspecified atom stereocenters. The lowest BCUT2D eigenvalue weighted by Gasteiger charge is -2.30. The number of carbonyl (C=O) groups is 1. The van der Waals surface area contributed by atoms with Crippen LogP contribution < -0.4 is 10.2 Å². The summed E-state index contributed by atoms with van der Waals surface area (Å²) in [6, 6.07) is 8.23. The molecule has 1 N–H and O–H groups in total. The maximum Gasteiger partial charge on any atom is 0.232 e.